The first-order valence-electron chi connectivity index (χ1n) is 4.40. The third-order valence-electron chi connectivity index (χ3n) is 2.03. The van der Waals surface area contributed by atoms with E-state index in [-0.39, 0.29) is 0 Å². The molecular formula is C10H14N4. The van der Waals surface area contributed by atoms with Gasteiger partial charge in [0.15, 0.2) is 0 Å². The van der Waals surface area contributed by atoms with Gasteiger partial charge < -0.3 is 16.4 Å². The quantitative estimate of drug-likeness (QED) is 0.682. The molecule has 0 spiro atoms. The summed E-state index contributed by atoms with van der Waals surface area (Å²) in [6, 6.07) is 7.30. The van der Waals surface area contributed by atoms with Crippen LogP contribution in [0.1, 0.15) is 5.56 Å². The number of nitrogens with two attached hydrogens (primary N) is 2. The van der Waals surface area contributed by atoms with Crippen LogP contribution < -0.4 is 16.4 Å². The highest BCUT2D eigenvalue weighted by Gasteiger charge is 2.04. The molecule has 4 heteroatoms. The summed E-state index contributed by atoms with van der Waals surface area (Å²) >= 11 is 0. The number of nitriles is 1. The number of hydrogen-bond acceptors (Lipinski definition) is 4. The molecular weight excluding hydrogens is 176 g/mol. The summed E-state index contributed by atoms with van der Waals surface area (Å²) < 4.78 is 0. The van der Waals surface area contributed by atoms with E-state index in [4.69, 9.17) is 16.7 Å². The van der Waals surface area contributed by atoms with Crippen LogP contribution in [0, 0.1) is 11.3 Å². The molecule has 0 bridgehead atoms. The highest BCUT2D eigenvalue weighted by atomic mass is 15.1. The molecule has 0 fully saturated rings. The molecule has 14 heavy (non-hydrogen) atoms. The Labute approximate surface area is 83.7 Å². The fourth-order valence-electron chi connectivity index (χ4n) is 1.29. The number of likely N-dealkylation sites (N-methyl/N-ethyl adjacent to an activating group) is 1. The predicted molar refractivity (Wildman–Crippen MR) is 57.9 cm³/mol. The van der Waals surface area contributed by atoms with Crippen LogP contribution in [0.2, 0.25) is 0 Å². The molecule has 0 unspecified atom stereocenters. The lowest BCUT2D eigenvalue weighted by Crippen LogP contribution is -2.25. The van der Waals surface area contributed by atoms with Crippen molar-refractivity contribution in [2.75, 3.05) is 30.8 Å². The second kappa shape index (κ2) is 4.49. The number of nitrogen functional groups attached to an aromatic ring is 1. The molecule has 1 rings (SSSR count). The zero-order valence-electron chi connectivity index (χ0n) is 8.20. The maximum absolute atomic E-state index is 8.66. The minimum atomic E-state index is 0.576. The Kier molecular flexibility index (Phi) is 3.32. The standard InChI is InChI=1S/C10H14N4/c1-14(5-4-11)10-3-2-8(7-12)6-9(10)13/h2-3,6H,4-5,11,13H2,1H3. The minimum absolute atomic E-state index is 0.576. The van der Waals surface area contributed by atoms with Crippen LogP contribution in [0.25, 0.3) is 0 Å². The molecule has 4 nitrogen and oxygen atoms in total. The molecule has 0 aliphatic rings. The normalized spacial score (nSPS) is 9.50. The molecule has 0 atom stereocenters. The van der Waals surface area contributed by atoms with Crippen molar-refractivity contribution >= 4 is 11.4 Å². The average molecular weight is 190 g/mol. The Morgan fingerprint density at radius 2 is 2.21 bits per heavy atom. The topological polar surface area (TPSA) is 79.1 Å². The smallest absolute Gasteiger partial charge is 0.0992 e. The Hall–Kier alpha value is -1.73. The van der Waals surface area contributed by atoms with Gasteiger partial charge in [0.2, 0.25) is 0 Å². The van der Waals surface area contributed by atoms with Crippen LogP contribution in [0.5, 0.6) is 0 Å². The summed E-state index contributed by atoms with van der Waals surface area (Å²) in [5.74, 6) is 0. The molecule has 0 radical (unpaired) electrons. The van der Waals surface area contributed by atoms with E-state index >= 15 is 0 Å². The van der Waals surface area contributed by atoms with Crippen LogP contribution in [0.3, 0.4) is 0 Å². The number of anilines is 2. The lowest BCUT2D eigenvalue weighted by atomic mass is 10.2. The second-order valence-electron chi connectivity index (χ2n) is 3.10. The van der Waals surface area contributed by atoms with Crippen molar-refractivity contribution in [1.82, 2.24) is 0 Å². The van der Waals surface area contributed by atoms with Gasteiger partial charge in [0.25, 0.3) is 0 Å². The van der Waals surface area contributed by atoms with Crippen LogP contribution in [0.15, 0.2) is 18.2 Å². The van der Waals surface area contributed by atoms with Gasteiger partial charge in [-0.2, -0.15) is 5.26 Å². The van der Waals surface area contributed by atoms with Crippen molar-refractivity contribution in [2.45, 2.75) is 0 Å². The first-order chi connectivity index (χ1) is 6.69. The second-order valence-corrected chi connectivity index (χ2v) is 3.10. The first-order valence-corrected chi connectivity index (χ1v) is 4.40. The largest absolute Gasteiger partial charge is 0.397 e. The van der Waals surface area contributed by atoms with Gasteiger partial charge in [-0.3, -0.25) is 0 Å². The summed E-state index contributed by atoms with van der Waals surface area (Å²) in [5, 5.41) is 8.66. The number of nitrogens with zero attached hydrogens (tertiary/aromatic N) is 2. The van der Waals surface area contributed by atoms with Gasteiger partial charge in [-0.25, -0.2) is 0 Å². The molecule has 0 saturated heterocycles. The molecule has 1 aromatic carbocycles. The van der Waals surface area contributed by atoms with E-state index in [1.165, 1.54) is 0 Å². The molecule has 1 aromatic rings. The fraction of sp³-hybridized carbons (Fsp3) is 0.300. The van der Waals surface area contributed by atoms with E-state index in [2.05, 4.69) is 0 Å². The molecule has 0 heterocycles. The van der Waals surface area contributed by atoms with Crippen LogP contribution >= 0.6 is 0 Å². The van der Waals surface area contributed by atoms with Crippen LogP contribution in [0.4, 0.5) is 11.4 Å². The predicted octanol–water partition coefficient (Wildman–Crippen LogP) is 0.535. The Morgan fingerprint density at radius 3 is 2.71 bits per heavy atom. The molecule has 0 aromatic heterocycles. The average Bonchev–Trinajstić information content (AvgIpc) is 2.17. The maximum atomic E-state index is 8.66. The van der Waals surface area contributed by atoms with Crippen molar-refractivity contribution in [3.8, 4) is 6.07 Å². The summed E-state index contributed by atoms with van der Waals surface area (Å²) in [6.45, 7) is 1.33. The van der Waals surface area contributed by atoms with Crippen molar-refractivity contribution in [1.29, 1.82) is 5.26 Å². The zero-order chi connectivity index (χ0) is 10.6. The number of hydrogen-bond donors (Lipinski definition) is 2. The van der Waals surface area contributed by atoms with E-state index < -0.39 is 0 Å². The third-order valence-corrected chi connectivity index (χ3v) is 2.03. The summed E-state index contributed by atoms with van der Waals surface area (Å²) in [7, 11) is 1.92. The molecule has 0 saturated carbocycles. The number of rotatable bonds is 3. The summed E-state index contributed by atoms with van der Waals surface area (Å²) in [6.07, 6.45) is 0. The Bertz CT molecular complexity index is 354. The highest BCUT2D eigenvalue weighted by molar-refractivity contribution is 5.69. The van der Waals surface area contributed by atoms with Gasteiger partial charge in [0.1, 0.15) is 0 Å². The molecule has 0 aliphatic carbocycles. The van der Waals surface area contributed by atoms with E-state index in [0.717, 1.165) is 12.2 Å². The van der Waals surface area contributed by atoms with E-state index in [1.807, 2.05) is 24.1 Å². The van der Waals surface area contributed by atoms with Crippen LogP contribution in [-0.2, 0) is 0 Å². The van der Waals surface area contributed by atoms with E-state index in [1.54, 1.807) is 12.1 Å². The monoisotopic (exact) mass is 190 g/mol. The molecule has 4 N–H and O–H groups in total. The summed E-state index contributed by atoms with van der Waals surface area (Å²) in [4.78, 5) is 1.97. The van der Waals surface area contributed by atoms with Crippen molar-refractivity contribution in [3.63, 3.8) is 0 Å². The van der Waals surface area contributed by atoms with Gasteiger partial charge in [-0.15, -0.1) is 0 Å². The van der Waals surface area contributed by atoms with Gasteiger partial charge in [0, 0.05) is 20.1 Å². The van der Waals surface area contributed by atoms with Gasteiger partial charge in [-0.05, 0) is 18.2 Å². The van der Waals surface area contributed by atoms with Crippen molar-refractivity contribution in [3.05, 3.63) is 23.8 Å². The minimum Gasteiger partial charge on any atom is -0.397 e. The molecule has 74 valence electrons. The zero-order valence-corrected chi connectivity index (χ0v) is 8.20. The highest BCUT2D eigenvalue weighted by Crippen LogP contribution is 2.22. The van der Waals surface area contributed by atoms with Gasteiger partial charge in [-0.1, -0.05) is 0 Å². The Balaban J connectivity index is 2.95. The fourth-order valence-corrected chi connectivity index (χ4v) is 1.29. The van der Waals surface area contributed by atoms with Gasteiger partial charge in [0.05, 0.1) is 23.0 Å². The van der Waals surface area contributed by atoms with Gasteiger partial charge >= 0.3 is 0 Å². The van der Waals surface area contributed by atoms with E-state index in [9.17, 15) is 0 Å². The third kappa shape index (κ3) is 2.15. The van der Waals surface area contributed by atoms with E-state index in [0.29, 0.717) is 17.8 Å². The SMILES string of the molecule is CN(CCN)c1ccc(C#N)cc1N. The Morgan fingerprint density at radius 1 is 1.50 bits per heavy atom. The lowest BCUT2D eigenvalue weighted by molar-refractivity contribution is 0.887. The molecule has 0 aliphatic heterocycles. The lowest BCUT2D eigenvalue weighted by Gasteiger charge is -2.20. The van der Waals surface area contributed by atoms with Crippen LogP contribution in [-0.4, -0.2) is 20.1 Å². The number of benzene rings is 1. The van der Waals surface area contributed by atoms with Crippen molar-refractivity contribution in [2.24, 2.45) is 5.73 Å². The molecule has 0 amide bonds. The summed E-state index contributed by atoms with van der Waals surface area (Å²) in [5.41, 5.74) is 13.3. The van der Waals surface area contributed by atoms with Crippen molar-refractivity contribution < 1.29 is 0 Å². The first kappa shape index (κ1) is 10.4. The maximum Gasteiger partial charge on any atom is 0.0992 e.